The SMILES string of the molecule is COc1ccc(-c2cc(C(=O)NC3CCN(Cc4ccccc4)CC3)c3cc(Br)ccc3n2)cc1. The van der Waals surface area contributed by atoms with Gasteiger partial charge in [0.05, 0.1) is 23.9 Å². The number of piperidine rings is 1. The number of carbonyl (C=O) groups excluding carboxylic acids is 1. The van der Waals surface area contributed by atoms with Crippen LogP contribution >= 0.6 is 15.9 Å². The number of benzene rings is 3. The molecule has 1 saturated heterocycles. The van der Waals surface area contributed by atoms with Crippen molar-refractivity contribution in [2.45, 2.75) is 25.4 Å². The summed E-state index contributed by atoms with van der Waals surface area (Å²) in [5.74, 6) is 0.738. The molecule has 6 heteroatoms. The molecule has 0 aliphatic carbocycles. The molecule has 3 aromatic carbocycles. The second-order valence-electron chi connectivity index (χ2n) is 8.95. The fourth-order valence-electron chi connectivity index (χ4n) is 4.64. The number of rotatable bonds is 6. The van der Waals surface area contributed by atoms with Crippen LogP contribution < -0.4 is 10.1 Å². The molecule has 5 nitrogen and oxygen atoms in total. The van der Waals surface area contributed by atoms with Gasteiger partial charge in [0, 0.05) is 41.1 Å². The van der Waals surface area contributed by atoms with Crippen molar-refractivity contribution in [1.82, 2.24) is 15.2 Å². The highest BCUT2D eigenvalue weighted by Crippen LogP contribution is 2.28. The summed E-state index contributed by atoms with van der Waals surface area (Å²) in [5.41, 5.74) is 4.48. The van der Waals surface area contributed by atoms with Crippen LogP contribution in [0.2, 0.25) is 0 Å². The summed E-state index contributed by atoms with van der Waals surface area (Å²) < 4.78 is 6.21. The Bertz CT molecular complexity index is 1320. The fourth-order valence-corrected chi connectivity index (χ4v) is 5.00. The lowest BCUT2D eigenvalue weighted by molar-refractivity contribution is 0.0910. The number of methoxy groups -OCH3 is 1. The number of nitrogens with zero attached hydrogens (tertiary/aromatic N) is 2. The van der Waals surface area contributed by atoms with Crippen molar-refractivity contribution in [3.05, 3.63) is 94.5 Å². The van der Waals surface area contributed by atoms with Gasteiger partial charge in [0.2, 0.25) is 0 Å². The van der Waals surface area contributed by atoms with E-state index < -0.39 is 0 Å². The number of halogens is 1. The quantitative estimate of drug-likeness (QED) is 0.329. The molecule has 1 aliphatic rings. The second-order valence-corrected chi connectivity index (χ2v) is 9.87. The van der Waals surface area contributed by atoms with Crippen LogP contribution in [-0.4, -0.2) is 42.0 Å². The van der Waals surface area contributed by atoms with Crippen LogP contribution in [-0.2, 0) is 6.54 Å². The normalized spacial score (nSPS) is 14.7. The number of aromatic nitrogens is 1. The molecule has 178 valence electrons. The summed E-state index contributed by atoms with van der Waals surface area (Å²) in [6, 6.07) is 26.2. The largest absolute Gasteiger partial charge is 0.497 e. The molecular weight excluding hydrogens is 502 g/mol. The van der Waals surface area contributed by atoms with Crippen molar-refractivity contribution in [2.75, 3.05) is 20.2 Å². The Hall–Kier alpha value is -3.22. The maximum Gasteiger partial charge on any atom is 0.252 e. The highest BCUT2D eigenvalue weighted by Gasteiger charge is 2.23. The summed E-state index contributed by atoms with van der Waals surface area (Å²) in [6.07, 6.45) is 1.88. The van der Waals surface area contributed by atoms with Gasteiger partial charge < -0.3 is 10.1 Å². The van der Waals surface area contributed by atoms with Crippen molar-refractivity contribution in [2.24, 2.45) is 0 Å². The van der Waals surface area contributed by atoms with E-state index in [-0.39, 0.29) is 11.9 Å². The minimum atomic E-state index is -0.0493. The van der Waals surface area contributed by atoms with Crippen molar-refractivity contribution in [1.29, 1.82) is 0 Å². The lowest BCUT2D eigenvalue weighted by Gasteiger charge is -2.32. The predicted octanol–water partition coefficient (Wildman–Crippen LogP) is 6.07. The maximum absolute atomic E-state index is 13.5. The van der Waals surface area contributed by atoms with Crippen molar-refractivity contribution >= 4 is 32.7 Å². The maximum atomic E-state index is 13.5. The summed E-state index contributed by atoms with van der Waals surface area (Å²) in [5, 5.41) is 4.14. The first-order chi connectivity index (χ1) is 17.1. The molecular formula is C29H28BrN3O2. The molecule has 5 rings (SSSR count). The third-order valence-electron chi connectivity index (χ3n) is 6.57. The van der Waals surface area contributed by atoms with Crippen LogP contribution in [0.4, 0.5) is 0 Å². The van der Waals surface area contributed by atoms with Gasteiger partial charge in [-0.15, -0.1) is 0 Å². The Kier molecular flexibility index (Phi) is 7.11. The monoisotopic (exact) mass is 529 g/mol. The van der Waals surface area contributed by atoms with Crippen LogP contribution in [0.3, 0.4) is 0 Å². The van der Waals surface area contributed by atoms with E-state index in [9.17, 15) is 4.79 Å². The average molecular weight is 530 g/mol. The first kappa shape index (κ1) is 23.5. The van der Waals surface area contributed by atoms with E-state index in [1.807, 2.05) is 54.6 Å². The van der Waals surface area contributed by atoms with Gasteiger partial charge in [0.1, 0.15) is 5.75 Å². The van der Waals surface area contributed by atoms with E-state index in [1.54, 1.807) is 7.11 Å². The van der Waals surface area contributed by atoms with E-state index in [4.69, 9.17) is 9.72 Å². The van der Waals surface area contributed by atoms with E-state index in [0.717, 1.165) is 64.9 Å². The van der Waals surface area contributed by atoms with E-state index >= 15 is 0 Å². The van der Waals surface area contributed by atoms with Gasteiger partial charge in [-0.1, -0.05) is 46.3 Å². The van der Waals surface area contributed by atoms with Gasteiger partial charge in [0.25, 0.3) is 5.91 Å². The summed E-state index contributed by atoms with van der Waals surface area (Å²) in [6.45, 7) is 2.90. The van der Waals surface area contributed by atoms with Crippen molar-refractivity contribution in [3.63, 3.8) is 0 Å². The van der Waals surface area contributed by atoms with Crippen LogP contribution in [0.25, 0.3) is 22.2 Å². The Morgan fingerprint density at radius 1 is 1.03 bits per heavy atom. The summed E-state index contributed by atoms with van der Waals surface area (Å²) in [7, 11) is 1.65. The number of carbonyl (C=O) groups is 1. The Labute approximate surface area is 214 Å². The number of ether oxygens (including phenoxy) is 1. The summed E-state index contributed by atoms with van der Waals surface area (Å²) >= 11 is 3.55. The molecule has 0 unspecified atom stereocenters. The second kappa shape index (κ2) is 10.6. The number of likely N-dealkylation sites (tertiary alicyclic amines) is 1. The van der Waals surface area contributed by atoms with Gasteiger partial charge in [-0.05, 0) is 66.9 Å². The van der Waals surface area contributed by atoms with Crippen LogP contribution in [0.1, 0.15) is 28.8 Å². The number of hydrogen-bond acceptors (Lipinski definition) is 4. The third kappa shape index (κ3) is 5.55. The number of amides is 1. The molecule has 0 saturated carbocycles. The minimum absolute atomic E-state index is 0.0493. The first-order valence-electron chi connectivity index (χ1n) is 11.9. The number of fused-ring (bicyclic) bond motifs is 1. The molecule has 0 spiro atoms. The Morgan fingerprint density at radius 2 is 1.77 bits per heavy atom. The standard InChI is InChI=1S/C29H28BrN3O2/c1-35-24-10-7-21(8-11-24)28-18-26(25-17-22(30)9-12-27(25)32-28)29(34)31-23-13-15-33(16-14-23)19-20-5-3-2-4-6-20/h2-12,17-18,23H,13-16,19H2,1H3,(H,31,34). The smallest absolute Gasteiger partial charge is 0.252 e. The molecule has 2 heterocycles. The molecule has 1 aliphatic heterocycles. The van der Waals surface area contributed by atoms with Gasteiger partial charge in [-0.2, -0.15) is 0 Å². The van der Waals surface area contributed by atoms with Gasteiger partial charge in [-0.3, -0.25) is 9.69 Å². The van der Waals surface area contributed by atoms with Gasteiger partial charge in [0.15, 0.2) is 0 Å². The van der Waals surface area contributed by atoms with Crippen LogP contribution in [0, 0.1) is 0 Å². The van der Waals surface area contributed by atoms with Crippen LogP contribution in [0.5, 0.6) is 5.75 Å². The zero-order valence-corrected chi connectivity index (χ0v) is 21.3. The highest BCUT2D eigenvalue weighted by atomic mass is 79.9. The van der Waals surface area contributed by atoms with Crippen molar-refractivity contribution < 1.29 is 9.53 Å². The number of pyridine rings is 1. The topological polar surface area (TPSA) is 54.5 Å². The van der Waals surface area contributed by atoms with Crippen molar-refractivity contribution in [3.8, 4) is 17.0 Å². The zero-order valence-electron chi connectivity index (χ0n) is 19.7. The van der Waals surface area contributed by atoms with E-state index in [0.29, 0.717) is 5.56 Å². The summed E-state index contributed by atoms with van der Waals surface area (Å²) in [4.78, 5) is 20.8. The van der Waals surface area contributed by atoms with E-state index in [1.165, 1.54) is 5.56 Å². The zero-order chi connectivity index (χ0) is 24.2. The third-order valence-corrected chi connectivity index (χ3v) is 7.07. The molecule has 35 heavy (non-hydrogen) atoms. The molecule has 0 radical (unpaired) electrons. The molecule has 1 aromatic heterocycles. The minimum Gasteiger partial charge on any atom is -0.497 e. The lowest BCUT2D eigenvalue weighted by Crippen LogP contribution is -2.44. The molecule has 1 N–H and O–H groups in total. The van der Waals surface area contributed by atoms with Gasteiger partial charge in [-0.25, -0.2) is 4.98 Å². The molecule has 1 amide bonds. The number of hydrogen-bond donors (Lipinski definition) is 1. The van der Waals surface area contributed by atoms with Crippen LogP contribution in [0.15, 0.2) is 83.3 Å². The predicted molar refractivity (Wildman–Crippen MR) is 144 cm³/mol. The molecule has 4 aromatic rings. The molecule has 0 atom stereocenters. The molecule has 1 fully saturated rings. The Morgan fingerprint density at radius 3 is 2.49 bits per heavy atom. The fraction of sp³-hybridized carbons (Fsp3) is 0.241. The average Bonchev–Trinajstić information content (AvgIpc) is 2.90. The highest BCUT2D eigenvalue weighted by molar-refractivity contribution is 9.10. The Balaban J connectivity index is 1.34. The first-order valence-corrected chi connectivity index (χ1v) is 12.7. The van der Waals surface area contributed by atoms with Gasteiger partial charge >= 0.3 is 0 Å². The number of nitrogens with one attached hydrogen (secondary N) is 1. The van der Waals surface area contributed by atoms with E-state index in [2.05, 4.69) is 50.4 Å². The molecule has 0 bridgehead atoms. The lowest BCUT2D eigenvalue weighted by atomic mass is 10.0.